The molecule has 27 heavy (non-hydrogen) atoms. The Bertz CT molecular complexity index is 536. The number of benzene rings is 1. The highest BCUT2D eigenvalue weighted by atomic mass is 32.2. The topological polar surface area (TPSA) is 44.8 Å². The maximum atomic E-state index is 12.8. The van der Waals surface area contributed by atoms with Crippen LogP contribution in [0.1, 0.15) is 64.9 Å². The Kier molecular flexibility index (Phi) is 9.98. The van der Waals surface area contributed by atoms with Crippen LogP contribution in [0.3, 0.4) is 0 Å². The van der Waals surface area contributed by atoms with E-state index in [9.17, 15) is 4.55 Å². The van der Waals surface area contributed by atoms with E-state index in [1.54, 1.807) is 0 Å². The molecule has 0 spiro atoms. The Hall–Kier alpha value is -0.750. The van der Waals surface area contributed by atoms with Crippen molar-refractivity contribution in [1.29, 1.82) is 0 Å². The lowest BCUT2D eigenvalue weighted by Crippen LogP contribution is -2.41. The van der Waals surface area contributed by atoms with Gasteiger partial charge in [-0.1, -0.05) is 45.7 Å². The van der Waals surface area contributed by atoms with E-state index in [0.717, 1.165) is 56.6 Å². The number of hydrogen-bond donors (Lipinski definition) is 0. The molecule has 3 atom stereocenters. The molecule has 1 fully saturated rings. The van der Waals surface area contributed by atoms with E-state index in [2.05, 4.69) is 26.8 Å². The first-order valence-electron chi connectivity index (χ1n) is 10.5. The molecule has 4 nitrogen and oxygen atoms in total. The summed E-state index contributed by atoms with van der Waals surface area (Å²) in [5.41, 5.74) is 1.07. The van der Waals surface area contributed by atoms with E-state index >= 15 is 0 Å². The zero-order valence-corrected chi connectivity index (χ0v) is 18.3. The molecule has 0 amide bonds. The monoisotopic (exact) mass is 395 g/mol. The highest BCUT2D eigenvalue weighted by Gasteiger charge is 2.27. The first-order valence-corrected chi connectivity index (χ1v) is 11.8. The minimum Gasteiger partial charge on any atom is -0.598 e. The summed E-state index contributed by atoms with van der Waals surface area (Å²) in [4.78, 5) is 0. The minimum absolute atomic E-state index is 0.260. The maximum absolute atomic E-state index is 12.8. The van der Waals surface area contributed by atoms with Crippen LogP contribution in [0.5, 0.6) is 5.75 Å². The molecule has 0 N–H and O–H groups in total. The van der Waals surface area contributed by atoms with Crippen LogP contribution in [0, 0.1) is 5.92 Å². The summed E-state index contributed by atoms with van der Waals surface area (Å²) in [6, 6.07) is 8.50. The van der Waals surface area contributed by atoms with Crippen molar-refractivity contribution in [2.24, 2.45) is 5.92 Å². The van der Waals surface area contributed by atoms with Crippen molar-refractivity contribution in [2.45, 2.75) is 77.2 Å². The van der Waals surface area contributed by atoms with Crippen molar-refractivity contribution < 1.29 is 14.0 Å². The van der Waals surface area contributed by atoms with Gasteiger partial charge in [0.2, 0.25) is 0 Å². The average molecular weight is 396 g/mol. The third-order valence-electron chi connectivity index (χ3n) is 5.49. The van der Waals surface area contributed by atoms with E-state index < -0.39 is 11.4 Å². The molecule has 0 aliphatic carbocycles. The lowest BCUT2D eigenvalue weighted by molar-refractivity contribution is 0.0631. The summed E-state index contributed by atoms with van der Waals surface area (Å²) in [6.07, 6.45) is 6.65. The van der Waals surface area contributed by atoms with Gasteiger partial charge in [-0.05, 0) is 43.7 Å². The second kappa shape index (κ2) is 11.9. The van der Waals surface area contributed by atoms with Gasteiger partial charge in [0, 0.05) is 37.2 Å². The number of rotatable bonds is 11. The number of hydrogen-bond acceptors (Lipinski definition) is 4. The van der Waals surface area contributed by atoms with Gasteiger partial charge in [-0.3, -0.25) is 0 Å². The quantitative estimate of drug-likeness (QED) is 0.498. The lowest BCUT2D eigenvalue weighted by Gasteiger charge is -2.31. The zero-order chi connectivity index (χ0) is 19.6. The molecule has 2 rings (SSSR count). The molecule has 154 valence electrons. The first kappa shape index (κ1) is 22.5. The van der Waals surface area contributed by atoms with Crippen LogP contribution in [0.4, 0.5) is 0 Å². The predicted molar refractivity (Wildman–Crippen MR) is 113 cm³/mol. The summed E-state index contributed by atoms with van der Waals surface area (Å²) in [5, 5.41) is 0. The zero-order valence-electron chi connectivity index (χ0n) is 17.5. The molecule has 1 aliphatic rings. The van der Waals surface area contributed by atoms with Crippen LogP contribution in [-0.2, 0) is 21.9 Å². The Morgan fingerprint density at radius 3 is 2.70 bits per heavy atom. The number of ether oxygens (including phenoxy) is 2. The van der Waals surface area contributed by atoms with Gasteiger partial charge in [-0.15, -0.1) is 4.31 Å². The lowest BCUT2D eigenvalue weighted by atomic mass is 9.98. The van der Waals surface area contributed by atoms with Gasteiger partial charge in [0.1, 0.15) is 5.75 Å². The largest absolute Gasteiger partial charge is 0.598 e. The Balaban J connectivity index is 1.94. The van der Waals surface area contributed by atoms with Crippen LogP contribution < -0.4 is 4.74 Å². The highest BCUT2D eigenvalue weighted by molar-refractivity contribution is 7.88. The van der Waals surface area contributed by atoms with E-state index in [4.69, 9.17) is 9.47 Å². The third kappa shape index (κ3) is 7.65. The summed E-state index contributed by atoms with van der Waals surface area (Å²) in [7, 11) is 1.97. The van der Waals surface area contributed by atoms with E-state index in [1.807, 2.05) is 29.6 Å². The van der Waals surface area contributed by atoms with Gasteiger partial charge in [0.25, 0.3) is 0 Å². The van der Waals surface area contributed by atoms with E-state index in [1.165, 1.54) is 6.42 Å². The van der Waals surface area contributed by atoms with Crippen molar-refractivity contribution in [3.8, 4) is 5.75 Å². The van der Waals surface area contributed by atoms with Crippen LogP contribution >= 0.6 is 0 Å². The SMILES string of the molecule is CCC[C@@H](CC(C)CC)Oc1cccc(C[S+]([O-])N(C)C2CCOCC2)c1. The van der Waals surface area contributed by atoms with Gasteiger partial charge in [-0.2, -0.15) is 0 Å². The second-order valence-electron chi connectivity index (χ2n) is 7.78. The molecule has 1 aromatic carbocycles. The Morgan fingerprint density at radius 2 is 2.04 bits per heavy atom. The van der Waals surface area contributed by atoms with E-state index in [-0.39, 0.29) is 6.10 Å². The average Bonchev–Trinajstić information content (AvgIpc) is 2.68. The normalized spacial score (nSPS) is 19.0. The Labute approximate surface area is 168 Å². The Morgan fingerprint density at radius 1 is 1.30 bits per heavy atom. The van der Waals surface area contributed by atoms with Gasteiger partial charge in [0.15, 0.2) is 5.75 Å². The van der Waals surface area contributed by atoms with Crippen molar-refractivity contribution in [3.63, 3.8) is 0 Å². The molecule has 2 unspecified atom stereocenters. The number of nitrogens with zero attached hydrogens (tertiary/aromatic N) is 1. The summed E-state index contributed by atoms with van der Waals surface area (Å²) in [5.74, 6) is 2.11. The molecule has 5 heteroatoms. The fraction of sp³-hybridized carbons (Fsp3) is 0.727. The molecule has 0 bridgehead atoms. The fourth-order valence-electron chi connectivity index (χ4n) is 3.52. The highest BCUT2D eigenvalue weighted by Crippen LogP contribution is 2.24. The van der Waals surface area contributed by atoms with Crippen molar-refractivity contribution in [3.05, 3.63) is 29.8 Å². The second-order valence-corrected chi connectivity index (χ2v) is 9.29. The van der Waals surface area contributed by atoms with Crippen LogP contribution in [0.25, 0.3) is 0 Å². The third-order valence-corrected chi connectivity index (χ3v) is 7.01. The van der Waals surface area contributed by atoms with Crippen LogP contribution in [0.2, 0.25) is 0 Å². The first-order chi connectivity index (χ1) is 13.0. The van der Waals surface area contributed by atoms with Crippen LogP contribution in [-0.4, -0.2) is 41.3 Å². The van der Waals surface area contributed by atoms with Gasteiger partial charge < -0.3 is 14.0 Å². The molecular formula is C22H37NO3S. The van der Waals surface area contributed by atoms with Gasteiger partial charge in [0.05, 0.1) is 12.1 Å². The molecule has 1 saturated heterocycles. The van der Waals surface area contributed by atoms with Crippen molar-refractivity contribution in [1.82, 2.24) is 4.31 Å². The molecule has 0 saturated carbocycles. The minimum atomic E-state index is -1.03. The van der Waals surface area contributed by atoms with Crippen molar-refractivity contribution >= 4 is 11.4 Å². The smallest absolute Gasteiger partial charge is 0.150 e. The van der Waals surface area contributed by atoms with Crippen molar-refractivity contribution in [2.75, 3.05) is 20.3 Å². The fourth-order valence-corrected chi connectivity index (χ4v) is 4.73. The van der Waals surface area contributed by atoms with Gasteiger partial charge in [-0.25, -0.2) is 0 Å². The molecular weight excluding hydrogens is 358 g/mol. The molecule has 1 heterocycles. The van der Waals surface area contributed by atoms with E-state index in [0.29, 0.717) is 17.7 Å². The van der Waals surface area contributed by atoms with Crippen LogP contribution in [0.15, 0.2) is 24.3 Å². The predicted octanol–water partition coefficient (Wildman–Crippen LogP) is 4.94. The molecule has 1 aliphatic heterocycles. The summed E-state index contributed by atoms with van der Waals surface area (Å²) >= 11 is -1.03. The molecule has 0 radical (unpaired) electrons. The molecule has 0 aromatic heterocycles. The maximum Gasteiger partial charge on any atom is 0.150 e. The standard InChI is InChI=1S/C22H37NO3S/c1-5-8-21(15-18(3)6-2)26-22-10-7-9-19(16-22)17-27(24)23(4)20-11-13-25-14-12-20/h7,9-10,16,18,20-21H,5-6,8,11-15,17H2,1-4H3/t18?,21-,27?/m0/s1. The summed E-state index contributed by atoms with van der Waals surface area (Å²) < 4.78 is 26.5. The van der Waals surface area contributed by atoms with Gasteiger partial charge >= 0.3 is 0 Å². The molecule has 1 aromatic rings. The summed E-state index contributed by atoms with van der Waals surface area (Å²) in [6.45, 7) is 8.27.